The number of hydrogen-bond acceptors (Lipinski definition) is 2. The molecule has 2 nitrogen and oxygen atoms in total. The van der Waals surface area contributed by atoms with E-state index in [2.05, 4.69) is 35.1 Å². The molecule has 0 radical (unpaired) electrons. The highest BCUT2D eigenvalue weighted by molar-refractivity contribution is 5.75. The highest BCUT2D eigenvalue weighted by Gasteiger charge is 2.38. The maximum absolute atomic E-state index is 4.32. The van der Waals surface area contributed by atoms with Gasteiger partial charge in [-0.3, -0.25) is 9.97 Å². The van der Waals surface area contributed by atoms with Gasteiger partial charge >= 0.3 is 0 Å². The lowest BCUT2D eigenvalue weighted by molar-refractivity contribution is 0.789. The fourth-order valence-electron chi connectivity index (χ4n) is 1.81. The second-order valence-electron chi connectivity index (χ2n) is 4.32. The van der Waals surface area contributed by atoms with Crippen molar-refractivity contribution >= 4 is 11.0 Å². The predicted octanol–water partition coefficient (Wildman–Crippen LogP) is 2.68. The van der Waals surface area contributed by atoms with Crippen molar-refractivity contribution in [3.05, 3.63) is 36.2 Å². The van der Waals surface area contributed by atoms with Crippen molar-refractivity contribution in [3.63, 3.8) is 0 Å². The smallest absolute Gasteiger partial charge is 0.0889 e. The molecule has 0 spiro atoms. The first-order valence-electron chi connectivity index (χ1n) is 4.99. The molecular formula is C12H12N2. The van der Waals surface area contributed by atoms with Crippen molar-refractivity contribution in [2.45, 2.75) is 25.2 Å². The average Bonchev–Trinajstić information content (AvgIpc) is 2.97. The molecule has 2 heteroatoms. The summed E-state index contributed by atoms with van der Waals surface area (Å²) >= 11 is 0. The van der Waals surface area contributed by atoms with Gasteiger partial charge in [0.15, 0.2) is 0 Å². The van der Waals surface area contributed by atoms with Crippen molar-refractivity contribution in [2.75, 3.05) is 0 Å². The Bertz CT molecular complexity index is 486. The van der Waals surface area contributed by atoms with Crippen LogP contribution < -0.4 is 0 Å². The topological polar surface area (TPSA) is 25.8 Å². The third-order valence-corrected chi connectivity index (χ3v) is 3.17. The monoisotopic (exact) mass is 184 g/mol. The van der Waals surface area contributed by atoms with Crippen LogP contribution in [-0.4, -0.2) is 9.97 Å². The summed E-state index contributed by atoms with van der Waals surface area (Å²) in [7, 11) is 0. The fourth-order valence-corrected chi connectivity index (χ4v) is 1.81. The van der Waals surface area contributed by atoms with E-state index in [0.29, 0.717) is 5.41 Å². The van der Waals surface area contributed by atoms with Crippen LogP contribution >= 0.6 is 0 Å². The quantitative estimate of drug-likeness (QED) is 0.681. The van der Waals surface area contributed by atoms with Gasteiger partial charge in [0.25, 0.3) is 0 Å². The predicted molar refractivity (Wildman–Crippen MR) is 56.1 cm³/mol. The second kappa shape index (κ2) is 2.53. The maximum Gasteiger partial charge on any atom is 0.0889 e. The van der Waals surface area contributed by atoms with E-state index in [9.17, 15) is 0 Å². The van der Waals surface area contributed by atoms with Crippen LogP contribution in [0.1, 0.15) is 25.3 Å². The Balaban J connectivity index is 2.20. The fraction of sp³-hybridized carbons (Fsp3) is 0.333. The van der Waals surface area contributed by atoms with Crippen LogP contribution in [0.15, 0.2) is 30.6 Å². The van der Waals surface area contributed by atoms with Gasteiger partial charge in [-0.2, -0.15) is 0 Å². The van der Waals surface area contributed by atoms with Gasteiger partial charge in [0.05, 0.1) is 11.0 Å². The first-order chi connectivity index (χ1) is 6.78. The van der Waals surface area contributed by atoms with E-state index < -0.39 is 0 Å². The molecule has 1 fully saturated rings. The van der Waals surface area contributed by atoms with Gasteiger partial charge in [-0.05, 0) is 36.0 Å². The number of hydrogen-bond donors (Lipinski definition) is 0. The van der Waals surface area contributed by atoms with Crippen molar-refractivity contribution in [3.8, 4) is 0 Å². The van der Waals surface area contributed by atoms with E-state index in [4.69, 9.17) is 0 Å². The highest BCUT2D eigenvalue weighted by atomic mass is 14.8. The van der Waals surface area contributed by atoms with Crippen LogP contribution in [0.2, 0.25) is 0 Å². The lowest BCUT2D eigenvalue weighted by Gasteiger charge is -2.08. The molecule has 14 heavy (non-hydrogen) atoms. The van der Waals surface area contributed by atoms with Gasteiger partial charge in [0.2, 0.25) is 0 Å². The summed E-state index contributed by atoms with van der Waals surface area (Å²) in [6.07, 6.45) is 6.10. The molecule has 0 amide bonds. The summed E-state index contributed by atoms with van der Waals surface area (Å²) in [6.45, 7) is 2.31. The van der Waals surface area contributed by atoms with Gasteiger partial charge in [-0.1, -0.05) is 13.0 Å². The van der Waals surface area contributed by atoms with Gasteiger partial charge in [0.1, 0.15) is 0 Å². The number of rotatable bonds is 1. The van der Waals surface area contributed by atoms with E-state index in [1.54, 1.807) is 12.4 Å². The molecule has 1 saturated carbocycles. The molecule has 0 saturated heterocycles. The number of fused-ring (bicyclic) bond motifs is 1. The Hall–Kier alpha value is -1.44. The van der Waals surface area contributed by atoms with Gasteiger partial charge in [0, 0.05) is 12.4 Å². The van der Waals surface area contributed by atoms with Gasteiger partial charge in [-0.15, -0.1) is 0 Å². The zero-order valence-corrected chi connectivity index (χ0v) is 8.20. The Morgan fingerprint density at radius 3 is 2.50 bits per heavy atom. The first-order valence-corrected chi connectivity index (χ1v) is 4.99. The lowest BCUT2D eigenvalue weighted by Crippen LogP contribution is -1.99. The summed E-state index contributed by atoms with van der Waals surface area (Å²) in [5, 5.41) is 0. The van der Waals surface area contributed by atoms with Crippen molar-refractivity contribution < 1.29 is 0 Å². The van der Waals surface area contributed by atoms with Crippen LogP contribution in [0.3, 0.4) is 0 Å². The highest BCUT2D eigenvalue weighted by Crippen LogP contribution is 2.47. The summed E-state index contributed by atoms with van der Waals surface area (Å²) in [5.74, 6) is 0. The first kappa shape index (κ1) is 7.92. The number of aromatic nitrogens is 2. The van der Waals surface area contributed by atoms with Crippen molar-refractivity contribution in [1.82, 2.24) is 9.97 Å². The Labute approximate surface area is 83.0 Å². The Morgan fingerprint density at radius 2 is 1.79 bits per heavy atom. The molecule has 1 aromatic carbocycles. The van der Waals surface area contributed by atoms with Gasteiger partial charge in [-0.25, -0.2) is 0 Å². The van der Waals surface area contributed by atoms with Crippen molar-refractivity contribution in [1.29, 1.82) is 0 Å². The SMILES string of the molecule is CC1(c2ccc3nccnc3c2)CC1. The third-order valence-electron chi connectivity index (χ3n) is 3.17. The molecule has 1 heterocycles. The number of benzene rings is 1. The van der Waals surface area contributed by atoms with Crippen LogP contribution in [0.4, 0.5) is 0 Å². The molecule has 70 valence electrons. The molecule has 1 aromatic heterocycles. The minimum absolute atomic E-state index is 0.422. The number of nitrogens with zero attached hydrogens (tertiary/aromatic N) is 2. The molecule has 1 aliphatic carbocycles. The normalized spacial score (nSPS) is 18.4. The standard InChI is InChI=1S/C12H12N2/c1-12(4-5-12)9-2-3-10-11(8-9)14-7-6-13-10/h2-3,6-8H,4-5H2,1H3. The van der Waals surface area contributed by atoms with E-state index >= 15 is 0 Å². The molecule has 0 N–H and O–H groups in total. The maximum atomic E-state index is 4.32. The molecule has 3 rings (SSSR count). The van der Waals surface area contributed by atoms with Crippen molar-refractivity contribution in [2.24, 2.45) is 0 Å². The molecular weight excluding hydrogens is 172 g/mol. The molecule has 0 bridgehead atoms. The van der Waals surface area contributed by atoms with Crippen LogP contribution in [-0.2, 0) is 5.41 Å². The minimum Gasteiger partial charge on any atom is -0.253 e. The molecule has 1 aliphatic rings. The van der Waals surface area contributed by atoms with E-state index in [1.807, 2.05) is 0 Å². The zero-order chi connectivity index (χ0) is 9.60. The summed E-state index contributed by atoms with van der Waals surface area (Å²) < 4.78 is 0. The van der Waals surface area contributed by atoms with Gasteiger partial charge < -0.3 is 0 Å². The third kappa shape index (κ3) is 1.10. The molecule has 0 aliphatic heterocycles. The van der Waals surface area contributed by atoms with Crippen LogP contribution in [0.5, 0.6) is 0 Å². The second-order valence-corrected chi connectivity index (χ2v) is 4.32. The zero-order valence-electron chi connectivity index (χ0n) is 8.20. The summed E-state index contributed by atoms with van der Waals surface area (Å²) in [6, 6.07) is 6.43. The molecule has 0 atom stereocenters. The van der Waals surface area contributed by atoms with Crippen LogP contribution in [0.25, 0.3) is 11.0 Å². The molecule has 0 unspecified atom stereocenters. The lowest BCUT2D eigenvalue weighted by atomic mass is 9.98. The van der Waals surface area contributed by atoms with E-state index in [1.165, 1.54) is 18.4 Å². The van der Waals surface area contributed by atoms with Crippen LogP contribution in [0, 0.1) is 0 Å². The summed E-state index contributed by atoms with van der Waals surface area (Å²) in [4.78, 5) is 8.58. The minimum atomic E-state index is 0.422. The largest absolute Gasteiger partial charge is 0.253 e. The Kier molecular flexibility index (Phi) is 1.43. The van der Waals surface area contributed by atoms with E-state index in [-0.39, 0.29) is 0 Å². The average molecular weight is 184 g/mol. The Morgan fingerprint density at radius 1 is 1.07 bits per heavy atom. The van der Waals surface area contributed by atoms with E-state index in [0.717, 1.165) is 11.0 Å². The molecule has 2 aromatic rings. The summed E-state index contributed by atoms with van der Waals surface area (Å²) in [5.41, 5.74) is 3.83.